The van der Waals surface area contributed by atoms with Crippen molar-refractivity contribution in [3.05, 3.63) is 24.0 Å². The average molecular weight is 251 g/mol. The molecule has 18 heavy (non-hydrogen) atoms. The summed E-state index contributed by atoms with van der Waals surface area (Å²) < 4.78 is 1.93. The summed E-state index contributed by atoms with van der Waals surface area (Å²) in [6, 6.07) is 2.06. The van der Waals surface area contributed by atoms with E-state index in [0.29, 0.717) is 12.5 Å². The molecule has 0 aliphatic rings. The molecule has 0 fully saturated rings. The van der Waals surface area contributed by atoms with Gasteiger partial charge in [0.05, 0.1) is 0 Å². The maximum atomic E-state index is 11.5. The summed E-state index contributed by atoms with van der Waals surface area (Å²) in [5.74, 6) is 0.737. The monoisotopic (exact) mass is 251 g/mol. The van der Waals surface area contributed by atoms with E-state index in [1.54, 1.807) is 0 Å². The molecule has 1 rings (SSSR count). The standard InChI is InChI=1S/C14H25N3O/c1-4-6-16-14(18)11-17-7-5-13(10-17)9-15-8-12(2)3/h5,7,10,12,15H,4,6,8-9,11H2,1-3H3,(H,16,18). The minimum Gasteiger partial charge on any atom is -0.355 e. The Bertz CT molecular complexity index is 358. The highest BCUT2D eigenvalue weighted by Gasteiger charge is 2.02. The van der Waals surface area contributed by atoms with Gasteiger partial charge in [0.25, 0.3) is 0 Å². The van der Waals surface area contributed by atoms with Gasteiger partial charge in [0.1, 0.15) is 6.54 Å². The van der Waals surface area contributed by atoms with Crippen molar-refractivity contribution in [2.24, 2.45) is 5.92 Å². The molecular weight excluding hydrogens is 226 g/mol. The molecule has 2 N–H and O–H groups in total. The topological polar surface area (TPSA) is 46.1 Å². The minimum atomic E-state index is 0.0779. The molecular formula is C14H25N3O. The third-order valence-electron chi connectivity index (χ3n) is 2.59. The Labute approximate surface area is 110 Å². The number of nitrogens with zero attached hydrogens (tertiary/aromatic N) is 1. The predicted octanol–water partition coefficient (Wildman–Crippen LogP) is 1.76. The number of hydrogen-bond donors (Lipinski definition) is 2. The van der Waals surface area contributed by atoms with Crippen molar-refractivity contribution in [2.75, 3.05) is 13.1 Å². The van der Waals surface area contributed by atoms with Gasteiger partial charge in [-0.05, 0) is 30.5 Å². The largest absolute Gasteiger partial charge is 0.355 e. The molecule has 1 heterocycles. The molecule has 0 saturated carbocycles. The van der Waals surface area contributed by atoms with Crippen LogP contribution in [0.25, 0.3) is 0 Å². The van der Waals surface area contributed by atoms with E-state index in [1.807, 2.05) is 17.0 Å². The van der Waals surface area contributed by atoms with Gasteiger partial charge in [-0.1, -0.05) is 20.8 Å². The number of rotatable bonds is 8. The van der Waals surface area contributed by atoms with Crippen LogP contribution in [0.2, 0.25) is 0 Å². The molecule has 1 amide bonds. The first-order valence-corrected chi connectivity index (χ1v) is 6.74. The highest BCUT2D eigenvalue weighted by atomic mass is 16.1. The van der Waals surface area contributed by atoms with E-state index < -0.39 is 0 Å². The molecule has 0 atom stereocenters. The summed E-state index contributed by atoms with van der Waals surface area (Å²) in [6.45, 7) is 9.47. The summed E-state index contributed by atoms with van der Waals surface area (Å²) in [5.41, 5.74) is 1.22. The maximum absolute atomic E-state index is 11.5. The summed E-state index contributed by atoms with van der Waals surface area (Å²) >= 11 is 0. The van der Waals surface area contributed by atoms with Crippen molar-refractivity contribution in [2.45, 2.75) is 40.3 Å². The maximum Gasteiger partial charge on any atom is 0.239 e. The van der Waals surface area contributed by atoms with Crippen molar-refractivity contribution >= 4 is 5.91 Å². The van der Waals surface area contributed by atoms with Crippen LogP contribution in [0.5, 0.6) is 0 Å². The van der Waals surface area contributed by atoms with Gasteiger partial charge in [-0.2, -0.15) is 0 Å². The third kappa shape index (κ3) is 5.87. The number of nitrogens with one attached hydrogen (secondary N) is 2. The first kappa shape index (κ1) is 14.8. The predicted molar refractivity (Wildman–Crippen MR) is 74.3 cm³/mol. The first-order chi connectivity index (χ1) is 8.61. The molecule has 0 spiro atoms. The van der Waals surface area contributed by atoms with Gasteiger partial charge in [0, 0.05) is 25.5 Å². The fraction of sp³-hybridized carbons (Fsp3) is 0.643. The van der Waals surface area contributed by atoms with E-state index in [9.17, 15) is 4.79 Å². The van der Waals surface area contributed by atoms with Crippen LogP contribution in [-0.2, 0) is 17.9 Å². The van der Waals surface area contributed by atoms with Gasteiger partial charge in [-0.15, -0.1) is 0 Å². The Balaban J connectivity index is 2.31. The lowest BCUT2D eigenvalue weighted by molar-refractivity contribution is -0.121. The number of hydrogen-bond acceptors (Lipinski definition) is 2. The Hall–Kier alpha value is -1.29. The molecule has 102 valence electrons. The lowest BCUT2D eigenvalue weighted by Gasteiger charge is -2.06. The normalized spacial score (nSPS) is 10.9. The summed E-state index contributed by atoms with van der Waals surface area (Å²) in [6.07, 6.45) is 4.96. The van der Waals surface area contributed by atoms with E-state index in [0.717, 1.165) is 26.1 Å². The average Bonchev–Trinajstić information content (AvgIpc) is 2.73. The molecule has 1 aromatic rings. The molecule has 0 saturated heterocycles. The number of carbonyl (C=O) groups is 1. The van der Waals surface area contributed by atoms with Crippen LogP contribution < -0.4 is 10.6 Å². The molecule has 4 nitrogen and oxygen atoms in total. The van der Waals surface area contributed by atoms with Crippen LogP contribution in [0, 0.1) is 5.92 Å². The van der Waals surface area contributed by atoms with Gasteiger partial charge in [-0.25, -0.2) is 0 Å². The van der Waals surface area contributed by atoms with E-state index >= 15 is 0 Å². The molecule has 0 aliphatic carbocycles. The van der Waals surface area contributed by atoms with Crippen LogP contribution in [0.4, 0.5) is 0 Å². The highest BCUT2D eigenvalue weighted by Crippen LogP contribution is 2.01. The van der Waals surface area contributed by atoms with Crippen LogP contribution in [0.3, 0.4) is 0 Å². The van der Waals surface area contributed by atoms with E-state index in [-0.39, 0.29) is 5.91 Å². The molecule has 0 aliphatic heterocycles. The zero-order valence-electron chi connectivity index (χ0n) is 11.7. The molecule has 0 bridgehead atoms. The van der Waals surface area contributed by atoms with Crippen LogP contribution in [0.1, 0.15) is 32.8 Å². The SMILES string of the molecule is CCCNC(=O)Cn1ccc(CNCC(C)C)c1. The Kier molecular flexibility index (Phi) is 6.50. The Morgan fingerprint density at radius 2 is 2.22 bits per heavy atom. The van der Waals surface area contributed by atoms with Crippen molar-refractivity contribution in [1.82, 2.24) is 15.2 Å². The fourth-order valence-electron chi connectivity index (χ4n) is 1.68. The van der Waals surface area contributed by atoms with Gasteiger partial charge >= 0.3 is 0 Å². The molecule has 0 aromatic carbocycles. The lowest BCUT2D eigenvalue weighted by Crippen LogP contribution is -2.27. The zero-order chi connectivity index (χ0) is 13.4. The van der Waals surface area contributed by atoms with E-state index in [1.165, 1.54) is 5.56 Å². The highest BCUT2D eigenvalue weighted by molar-refractivity contribution is 5.75. The van der Waals surface area contributed by atoms with Crippen molar-refractivity contribution in [3.63, 3.8) is 0 Å². The zero-order valence-corrected chi connectivity index (χ0v) is 11.7. The van der Waals surface area contributed by atoms with Crippen molar-refractivity contribution in [3.8, 4) is 0 Å². The van der Waals surface area contributed by atoms with E-state index in [4.69, 9.17) is 0 Å². The first-order valence-electron chi connectivity index (χ1n) is 6.74. The van der Waals surface area contributed by atoms with Gasteiger partial charge in [-0.3, -0.25) is 4.79 Å². The molecule has 1 aromatic heterocycles. The van der Waals surface area contributed by atoms with E-state index in [2.05, 4.69) is 37.5 Å². The number of amides is 1. The quantitative estimate of drug-likeness (QED) is 0.739. The van der Waals surface area contributed by atoms with Crippen molar-refractivity contribution < 1.29 is 4.79 Å². The molecule has 4 heteroatoms. The van der Waals surface area contributed by atoms with Gasteiger partial charge < -0.3 is 15.2 Å². The Morgan fingerprint density at radius 1 is 1.44 bits per heavy atom. The van der Waals surface area contributed by atoms with Gasteiger partial charge in [0.15, 0.2) is 0 Å². The summed E-state index contributed by atoms with van der Waals surface area (Å²) in [7, 11) is 0. The minimum absolute atomic E-state index is 0.0779. The Morgan fingerprint density at radius 3 is 2.89 bits per heavy atom. The number of carbonyl (C=O) groups excluding carboxylic acids is 1. The smallest absolute Gasteiger partial charge is 0.239 e. The van der Waals surface area contributed by atoms with Crippen LogP contribution in [0.15, 0.2) is 18.5 Å². The summed E-state index contributed by atoms with van der Waals surface area (Å²) in [4.78, 5) is 11.5. The fourth-order valence-corrected chi connectivity index (χ4v) is 1.68. The molecule has 0 unspecified atom stereocenters. The second-order valence-corrected chi connectivity index (χ2v) is 5.07. The van der Waals surface area contributed by atoms with Crippen molar-refractivity contribution in [1.29, 1.82) is 0 Å². The second-order valence-electron chi connectivity index (χ2n) is 5.07. The van der Waals surface area contributed by atoms with Gasteiger partial charge in [0.2, 0.25) is 5.91 Å². The summed E-state index contributed by atoms with van der Waals surface area (Å²) in [5, 5.41) is 6.26. The molecule has 0 radical (unpaired) electrons. The number of aromatic nitrogens is 1. The lowest BCUT2D eigenvalue weighted by atomic mass is 10.2. The van der Waals surface area contributed by atoms with Crippen LogP contribution >= 0.6 is 0 Å². The third-order valence-corrected chi connectivity index (χ3v) is 2.59. The van der Waals surface area contributed by atoms with Crippen LogP contribution in [-0.4, -0.2) is 23.6 Å². The second kappa shape index (κ2) is 7.93.